The quantitative estimate of drug-likeness (QED) is 0.0269. The van der Waals surface area contributed by atoms with Crippen LogP contribution in [0, 0.1) is 94.3 Å². The number of pyridine rings is 4. The predicted octanol–water partition coefficient (Wildman–Crippen LogP) is 23.1. The van der Waals surface area contributed by atoms with E-state index < -0.39 is 0 Å². The average molecular weight is 1880 g/mol. The van der Waals surface area contributed by atoms with Crippen LogP contribution in [-0.2, 0) is 46.1 Å². The lowest BCUT2D eigenvalue weighted by atomic mass is 9.59. The molecule has 2 aliphatic heterocycles. The summed E-state index contributed by atoms with van der Waals surface area (Å²) in [5.74, 6) is 5.05. The number of furan rings is 2. The summed E-state index contributed by atoms with van der Waals surface area (Å²) < 4.78 is 91.7. The van der Waals surface area contributed by atoms with E-state index in [-0.39, 0.29) is 125 Å². The molecule has 0 bridgehead atoms. The molecule has 0 unspecified atom stereocenters. The van der Waals surface area contributed by atoms with Crippen LogP contribution in [0.5, 0.6) is 0 Å². The molecule has 20 atom stereocenters. The van der Waals surface area contributed by atoms with Crippen molar-refractivity contribution in [2.24, 2.45) is 71.0 Å². The van der Waals surface area contributed by atoms with Gasteiger partial charge in [0.2, 0.25) is 5.91 Å². The molecule has 10 aliphatic rings. The Kier molecular flexibility index (Phi) is 31.7. The average Bonchev–Trinajstić information content (AvgIpc) is 1.57. The molecule has 6 saturated carbocycles. The van der Waals surface area contributed by atoms with Crippen molar-refractivity contribution in [2.75, 3.05) is 26.4 Å². The van der Waals surface area contributed by atoms with Crippen LogP contribution >= 0.6 is 0 Å². The number of aromatic nitrogens is 4. The van der Waals surface area contributed by atoms with Gasteiger partial charge in [-0.05, 0) is 308 Å². The van der Waals surface area contributed by atoms with Gasteiger partial charge in [-0.25, -0.2) is 36.7 Å². The molecule has 8 aliphatic carbocycles. The molecule has 20 rings (SSSR count). The fraction of sp³-hybridized carbons (Fsp3) is 0.411. The Balaban J connectivity index is 0.000000127. The van der Waals surface area contributed by atoms with Gasteiger partial charge in [-0.2, -0.15) is 0 Å². The van der Waals surface area contributed by atoms with Gasteiger partial charge in [-0.15, -0.1) is 0 Å². The number of carbonyl (C=O) groups is 6. The van der Waals surface area contributed by atoms with Crippen LogP contribution < -0.4 is 26.6 Å². The van der Waals surface area contributed by atoms with Gasteiger partial charge in [0.05, 0.1) is 74.4 Å². The first kappa shape index (κ1) is 96.4. The smallest absolute Gasteiger partial charge is 0.407 e. The van der Waals surface area contributed by atoms with E-state index in [4.69, 9.17) is 32.5 Å². The number of hydrogen-bond acceptors (Lipinski definition) is 17. The Labute approximate surface area is 802 Å². The minimum atomic E-state index is -0.353. The minimum absolute atomic E-state index is 0.0962. The number of ether oxygens (including phenoxy) is 5. The third-order valence-corrected chi connectivity index (χ3v) is 29.8. The van der Waals surface area contributed by atoms with Gasteiger partial charge >= 0.3 is 30.3 Å². The van der Waals surface area contributed by atoms with Crippen molar-refractivity contribution >= 4 is 60.6 Å². The molecular weight excluding hydrogens is 1760 g/mol. The van der Waals surface area contributed by atoms with Crippen molar-refractivity contribution in [1.29, 1.82) is 0 Å². The molecule has 10 aromatic rings. The second kappa shape index (κ2) is 45.4. The maximum absolute atomic E-state index is 13.6. The van der Waals surface area contributed by atoms with Crippen LogP contribution in [0.25, 0.3) is 68.8 Å². The molecule has 8 fully saturated rings. The standard InChI is InChI=1S/C28H32FN3O3.C28H31FN2O4.2C28H29FN2O3/c1-2-35-28(34)31-23-9-10-24-19(14-23)12-20-15-26(33)32-27(20)25(24)11-8-22-7-6-18(16-30-22)17-4-3-5-21(29)13-17;1-2-34-28(33)31-23-9-10-24-19(14-23)12-20-15-26(32)35-27(20)25(24)11-8-22-7-6-18(16-30-22)17-4-3-5-21(29)13-17;1-2-34-28(32)31-24-9-10-25-20(14-24)12-21-16-33-17-27(21)26(25)11-8-23-7-6-19(15-30-23)18-4-3-5-22(29)13-18;1-2-33-28(32)31-23-9-10-24-20(15-23)16-27-26(12-13-34-27)25(24)11-8-22-7-6-19(17-30-22)18-4-3-5-21(29)14-18/h3-8,11,13,16,19-20,23-25,27H,2,9-10,12,14-15H2,1H3,(H,31,34)(H,32,33);3-8,11,13,16,19-20,23-25,27H,2,9-10,12,14-15H2,1H3,(H,31,33);3-8,11,13,15-17,20,24-26H,2,9-10,12,14H2,1H3,(H,31,32);3-8,11-14,17,20,23-25H,2,9-10,15-16H2,1H3,(H,31,32)/b4*11-8+/t2*19-,20-,23-,24-,25+,27+;20-,24-,25-,26+;20-,23+,24+,25-/m1110/s1. The molecular formula is C112H121F4N9O13. The van der Waals surface area contributed by atoms with Gasteiger partial charge in [0, 0.05) is 131 Å². The first-order valence-electron chi connectivity index (χ1n) is 49.1. The summed E-state index contributed by atoms with van der Waals surface area (Å²) >= 11 is 0. The zero-order valence-corrected chi connectivity index (χ0v) is 78.3. The Morgan fingerprint density at radius 1 is 0.391 bits per heavy atom. The van der Waals surface area contributed by atoms with Crippen LogP contribution in [0.3, 0.4) is 0 Å². The number of rotatable bonds is 20. The van der Waals surface area contributed by atoms with E-state index in [1.807, 2.05) is 118 Å². The van der Waals surface area contributed by atoms with Crippen molar-refractivity contribution < 1.29 is 78.8 Å². The van der Waals surface area contributed by atoms with Gasteiger partial charge < -0.3 is 59.1 Å². The van der Waals surface area contributed by atoms with Crippen molar-refractivity contribution in [3.8, 4) is 44.5 Å². The number of nitrogens with one attached hydrogen (secondary N) is 5. The zero-order chi connectivity index (χ0) is 95.7. The summed E-state index contributed by atoms with van der Waals surface area (Å²) in [7, 11) is 0. The molecule has 720 valence electrons. The van der Waals surface area contributed by atoms with E-state index in [1.165, 1.54) is 65.2 Å². The molecule has 0 spiro atoms. The fourth-order valence-electron chi connectivity index (χ4n) is 23.7. The highest BCUT2D eigenvalue weighted by molar-refractivity contribution is 5.79. The van der Waals surface area contributed by atoms with Crippen molar-refractivity contribution in [2.45, 2.75) is 191 Å². The minimum Gasteiger partial charge on any atom is -0.472 e. The van der Waals surface area contributed by atoms with E-state index in [9.17, 15) is 46.3 Å². The van der Waals surface area contributed by atoms with E-state index in [2.05, 4.69) is 89.0 Å². The maximum Gasteiger partial charge on any atom is 0.407 e. The van der Waals surface area contributed by atoms with E-state index in [0.717, 1.165) is 176 Å². The number of hydrogen-bond donors (Lipinski definition) is 5. The lowest BCUT2D eigenvalue weighted by Crippen LogP contribution is -2.50. The molecule has 138 heavy (non-hydrogen) atoms. The molecule has 5 N–H and O–H groups in total. The molecule has 2 saturated heterocycles. The number of nitrogens with zero attached hydrogens (tertiary/aromatic N) is 4. The molecule has 22 nitrogen and oxygen atoms in total. The van der Waals surface area contributed by atoms with Crippen molar-refractivity contribution in [3.63, 3.8) is 0 Å². The number of esters is 1. The maximum atomic E-state index is 13.6. The third-order valence-electron chi connectivity index (χ3n) is 29.8. The first-order valence-corrected chi connectivity index (χ1v) is 49.1. The normalized spacial score (nSPS) is 26.9. The number of amides is 5. The highest BCUT2D eigenvalue weighted by atomic mass is 19.1. The lowest BCUT2D eigenvalue weighted by Gasteiger charge is -2.47. The van der Waals surface area contributed by atoms with Crippen LogP contribution in [0.2, 0.25) is 0 Å². The summed E-state index contributed by atoms with van der Waals surface area (Å²) in [5.41, 5.74) is 13.9. The van der Waals surface area contributed by atoms with Gasteiger partial charge in [-0.3, -0.25) is 29.5 Å². The monoisotopic (exact) mass is 1880 g/mol. The van der Waals surface area contributed by atoms with Crippen molar-refractivity contribution in [1.82, 2.24) is 46.5 Å². The molecule has 0 radical (unpaired) electrons. The molecule has 26 heteroatoms. The fourth-order valence-corrected chi connectivity index (χ4v) is 23.7. The number of alkyl carbamates (subject to hydrolysis) is 4. The molecule has 4 aromatic carbocycles. The van der Waals surface area contributed by atoms with Crippen LogP contribution in [0.4, 0.5) is 36.7 Å². The third kappa shape index (κ3) is 24.1. The Bertz CT molecular complexity index is 5630. The number of halogens is 4. The number of fused-ring (bicyclic) bond motifs is 8. The summed E-state index contributed by atoms with van der Waals surface area (Å²) in [5, 5.41) is 15.3. The van der Waals surface area contributed by atoms with E-state index in [0.29, 0.717) is 92.5 Å². The van der Waals surface area contributed by atoms with Crippen molar-refractivity contribution in [3.05, 3.63) is 288 Å². The largest absolute Gasteiger partial charge is 0.472 e. The molecule has 6 aromatic heterocycles. The van der Waals surface area contributed by atoms with Crippen LogP contribution in [-0.4, -0.2) is 119 Å². The number of benzene rings is 4. The van der Waals surface area contributed by atoms with E-state index in [1.54, 1.807) is 62.2 Å². The Hall–Kier alpha value is -13.3. The topological polar surface area (TPSA) is 287 Å². The SMILES string of the molecule is CCOC(=O)N[C@@H]1CC[C@@H]2[C@@H](C1)C[C@@H]1CC(=O)N[C@@H]1[C@H]2/C=C/c1ccc(-c2cccc(F)c2)cn1.CCOC(=O)N[C@@H]1CC[C@@H]2[C@@H](C1)C[C@@H]1CC(=O)O[C@@H]1[C@H]2/C=C/c1ccc(-c2cccc(F)c2)cn1.CCOC(=O)N[C@@H]1CC[C@@H]2[C@H](Cc3cocc3[C@H]2/C=C/c2ccc(-c3cccc(F)c3)cn2)C1.CCOC(=O)N[C@@H]1CC[C@@H]2[C@H](Cc3occc3[C@H]2/C=C/c2ccc(-c3cccc(F)c3)cn2)C1. The summed E-state index contributed by atoms with van der Waals surface area (Å²) in [6, 6.07) is 44.5. The summed E-state index contributed by atoms with van der Waals surface area (Å²) in [6.07, 6.45) is 44.5. The highest BCUT2D eigenvalue weighted by Gasteiger charge is 2.53. The van der Waals surface area contributed by atoms with Crippen LogP contribution in [0.1, 0.15) is 187 Å². The summed E-state index contributed by atoms with van der Waals surface area (Å²) in [6.45, 7) is 8.73. The van der Waals surface area contributed by atoms with Gasteiger partial charge in [-0.1, -0.05) is 97.1 Å². The molecule has 8 heterocycles. The first-order chi connectivity index (χ1) is 67.2. The van der Waals surface area contributed by atoms with Gasteiger partial charge in [0.1, 0.15) is 35.1 Å². The second-order valence-electron chi connectivity index (χ2n) is 38.3. The number of allylic oxidation sites excluding steroid dienone is 2. The summed E-state index contributed by atoms with van der Waals surface area (Å²) in [4.78, 5) is 90.4. The van der Waals surface area contributed by atoms with Crippen LogP contribution in [0.15, 0.2) is 228 Å². The van der Waals surface area contributed by atoms with Gasteiger partial charge in [0.25, 0.3) is 0 Å². The Morgan fingerprint density at radius 2 is 0.775 bits per heavy atom. The number of carbonyl (C=O) groups excluding carboxylic acids is 6. The highest BCUT2D eigenvalue weighted by Crippen LogP contribution is 2.54. The van der Waals surface area contributed by atoms with Gasteiger partial charge in [0.15, 0.2) is 0 Å². The van der Waals surface area contributed by atoms with E-state index >= 15 is 0 Å². The second-order valence-corrected chi connectivity index (χ2v) is 38.3. The lowest BCUT2D eigenvalue weighted by molar-refractivity contribution is -0.145. The molecule has 5 amide bonds. The zero-order valence-electron chi connectivity index (χ0n) is 78.3. The predicted molar refractivity (Wildman–Crippen MR) is 518 cm³/mol. The Morgan fingerprint density at radius 3 is 1.19 bits per heavy atom.